The minimum atomic E-state index is 0.0496. The molecule has 0 aliphatic carbocycles. The van der Waals surface area contributed by atoms with Crippen molar-refractivity contribution in [1.29, 1.82) is 0 Å². The molecule has 2 rings (SSSR count). The van der Waals surface area contributed by atoms with E-state index in [4.69, 9.17) is 16.3 Å². The summed E-state index contributed by atoms with van der Waals surface area (Å²) in [4.78, 5) is 11.2. The van der Waals surface area contributed by atoms with E-state index in [0.29, 0.717) is 12.2 Å². The second-order valence-corrected chi connectivity index (χ2v) is 3.83. The molecule has 16 heavy (non-hydrogen) atoms. The largest absolute Gasteiger partial charge is 0.488 e. The summed E-state index contributed by atoms with van der Waals surface area (Å²) < 4.78 is 5.56. The molecule has 0 amide bonds. The summed E-state index contributed by atoms with van der Waals surface area (Å²) in [6, 6.07) is 5.41. The molecular formula is C13H11ClO2. The second kappa shape index (κ2) is 4.54. The Hall–Kier alpha value is -1.54. The van der Waals surface area contributed by atoms with Crippen LogP contribution in [-0.2, 0) is 0 Å². The summed E-state index contributed by atoms with van der Waals surface area (Å²) in [6.07, 6.45) is 3.80. The van der Waals surface area contributed by atoms with Gasteiger partial charge in [0.05, 0.1) is 0 Å². The first-order valence-electron chi connectivity index (χ1n) is 4.96. The van der Waals surface area contributed by atoms with Crippen LogP contribution in [0.2, 0.25) is 0 Å². The van der Waals surface area contributed by atoms with E-state index in [9.17, 15) is 4.79 Å². The Labute approximate surface area is 99.2 Å². The molecule has 0 saturated carbocycles. The molecule has 1 aliphatic heterocycles. The zero-order chi connectivity index (χ0) is 11.5. The van der Waals surface area contributed by atoms with Crippen molar-refractivity contribution in [3.05, 3.63) is 46.5 Å². The highest BCUT2D eigenvalue weighted by atomic mass is 35.5. The van der Waals surface area contributed by atoms with Crippen molar-refractivity contribution in [3.63, 3.8) is 0 Å². The molecule has 1 aromatic rings. The molecule has 0 N–H and O–H groups in total. The van der Waals surface area contributed by atoms with Gasteiger partial charge in [0.15, 0.2) is 5.78 Å². The van der Waals surface area contributed by atoms with Gasteiger partial charge in [-0.3, -0.25) is 4.79 Å². The van der Waals surface area contributed by atoms with E-state index in [0.717, 1.165) is 16.9 Å². The van der Waals surface area contributed by atoms with Gasteiger partial charge in [0.1, 0.15) is 12.4 Å². The monoisotopic (exact) mass is 234 g/mol. The van der Waals surface area contributed by atoms with Crippen molar-refractivity contribution in [2.24, 2.45) is 0 Å². The van der Waals surface area contributed by atoms with Gasteiger partial charge in [-0.1, -0.05) is 23.8 Å². The number of carbonyl (C=O) groups excluding carboxylic acids is 1. The van der Waals surface area contributed by atoms with Crippen LogP contribution in [0.1, 0.15) is 22.8 Å². The van der Waals surface area contributed by atoms with Gasteiger partial charge in [-0.25, -0.2) is 0 Å². The second-order valence-electron chi connectivity index (χ2n) is 3.61. The molecule has 3 heteroatoms. The number of hydrogen-bond acceptors (Lipinski definition) is 2. The topological polar surface area (TPSA) is 26.3 Å². The van der Waals surface area contributed by atoms with Gasteiger partial charge in [-0.2, -0.15) is 0 Å². The van der Waals surface area contributed by atoms with Crippen molar-refractivity contribution in [2.45, 2.75) is 6.92 Å². The molecule has 0 radical (unpaired) electrons. The molecule has 1 aromatic carbocycles. The number of halogens is 1. The fourth-order valence-electron chi connectivity index (χ4n) is 1.50. The number of Topliss-reactive ketones (excluding diaryl/α,β-unsaturated/α-hetero) is 1. The normalized spacial score (nSPS) is 16.5. The predicted octanol–water partition coefficient (Wildman–Crippen LogP) is 3.42. The van der Waals surface area contributed by atoms with E-state index in [1.165, 1.54) is 5.54 Å². The van der Waals surface area contributed by atoms with E-state index >= 15 is 0 Å². The SMILES string of the molecule is CC(=O)c1ccc2c(c1)C=CC(=CCl)CO2. The molecule has 0 bridgehead atoms. The molecule has 0 spiro atoms. The minimum absolute atomic E-state index is 0.0496. The van der Waals surface area contributed by atoms with Crippen LogP contribution >= 0.6 is 11.6 Å². The summed E-state index contributed by atoms with van der Waals surface area (Å²) in [6.45, 7) is 2.00. The van der Waals surface area contributed by atoms with Crippen LogP contribution in [0.4, 0.5) is 0 Å². The number of ether oxygens (including phenoxy) is 1. The molecule has 0 unspecified atom stereocenters. The number of rotatable bonds is 1. The summed E-state index contributed by atoms with van der Waals surface area (Å²) in [5.41, 5.74) is 3.99. The molecule has 1 aliphatic rings. The fourth-order valence-corrected chi connectivity index (χ4v) is 1.64. The third-order valence-electron chi connectivity index (χ3n) is 2.43. The molecular weight excluding hydrogens is 224 g/mol. The predicted molar refractivity (Wildman–Crippen MR) is 64.9 cm³/mol. The summed E-state index contributed by atoms with van der Waals surface area (Å²) in [5, 5.41) is 0. The highest BCUT2D eigenvalue weighted by Crippen LogP contribution is 2.25. The Kier molecular flexibility index (Phi) is 3.11. The zero-order valence-corrected chi connectivity index (χ0v) is 9.62. The Morgan fingerprint density at radius 2 is 2.25 bits per heavy atom. The standard InChI is InChI=1S/C13H11ClO2/c1-9(15)11-4-5-13-12(6-11)3-2-10(7-14)8-16-13/h2-7H,8H2,1H3. The third kappa shape index (κ3) is 2.17. The smallest absolute Gasteiger partial charge is 0.159 e. The molecule has 82 valence electrons. The van der Waals surface area contributed by atoms with Gasteiger partial charge < -0.3 is 4.74 Å². The Balaban J connectivity index is 2.43. The van der Waals surface area contributed by atoms with Crippen molar-refractivity contribution < 1.29 is 9.53 Å². The number of hydrogen-bond donors (Lipinski definition) is 0. The number of carbonyl (C=O) groups is 1. The first-order chi connectivity index (χ1) is 7.70. The quantitative estimate of drug-likeness (QED) is 0.696. The highest BCUT2D eigenvalue weighted by Gasteiger charge is 2.09. The number of fused-ring (bicyclic) bond motifs is 1. The van der Waals surface area contributed by atoms with Crippen LogP contribution in [0, 0.1) is 0 Å². The third-order valence-corrected chi connectivity index (χ3v) is 2.71. The maximum Gasteiger partial charge on any atom is 0.159 e. The molecule has 0 atom stereocenters. The molecule has 1 heterocycles. The molecule has 0 saturated heterocycles. The van der Waals surface area contributed by atoms with E-state index in [1.54, 1.807) is 13.0 Å². The van der Waals surface area contributed by atoms with E-state index in [2.05, 4.69) is 0 Å². The minimum Gasteiger partial charge on any atom is -0.488 e. The van der Waals surface area contributed by atoms with Crippen LogP contribution in [0.3, 0.4) is 0 Å². The summed E-state index contributed by atoms with van der Waals surface area (Å²) >= 11 is 5.63. The Morgan fingerprint density at radius 3 is 2.94 bits per heavy atom. The van der Waals surface area contributed by atoms with E-state index in [1.807, 2.05) is 24.3 Å². The summed E-state index contributed by atoms with van der Waals surface area (Å²) in [5.74, 6) is 0.823. The molecule has 2 nitrogen and oxygen atoms in total. The first-order valence-corrected chi connectivity index (χ1v) is 5.39. The van der Waals surface area contributed by atoms with Gasteiger partial charge in [0.2, 0.25) is 0 Å². The lowest BCUT2D eigenvalue weighted by molar-refractivity contribution is 0.101. The van der Waals surface area contributed by atoms with E-state index in [-0.39, 0.29) is 5.78 Å². The number of ketones is 1. The Morgan fingerprint density at radius 1 is 1.44 bits per heavy atom. The first kappa shape index (κ1) is 11.0. The van der Waals surface area contributed by atoms with E-state index < -0.39 is 0 Å². The lowest BCUT2D eigenvalue weighted by Crippen LogP contribution is -1.99. The maximum absolute atomic E-state index is 11.2. The summed E-state index contributed by atoms with van der Waals surface area (Å²) in [7, 11) is 0. The lowest BCUT2D eigenvalue weighted by atomic mass is 10.1. The van der Waals surface area contributed by atoms with Crippen LogP contribution in [0.25, 0.3) is 6.08 Å². The van der Waals surface area contributed by atoms with Gasteiger partial charge in [0, 0.05) is 22.2 Å². The lowest BCUT2D eigenvalue weighted by Gasteiger charge is -2.07. The molecule has 0 aromatic heterocycles. The van der Waals surface area contributed by atoms with Crippen LogP contribution < -0.4 is 4.74 Å². The van der Waals surface area contributed by atoms with Crippen molar-refractivity contribution in [3.8, 4) is 5.75 Å². The van der Waals surface area contributed by atoms with Crippen molar-refractivity contribution in [2.75, 3.05) is 6.61 Å². The van der Waals surface area contributed by atoms with Gasteiger partial charge in [-0.15, -0.1) is 0 Å². The van der Waals surface area contributed by atoms with Crippen LogP contribution in [0.15, 0.2) is 35.4 Å². The average molecular weight is 235 g/mol. The van der Waals surface area contributed by atoms with Gasteiger partial charge >= 0.3 is 0 Å². The van der Waals surface area contributed by atoms with Gasteiger partial charge in [0.25, 0.3) is 0 Å². The Bertz CT molecular complexity index is 487. The van der Waals surface area contributed by atoms with Crippen LogP contribution in [0.5, 0.6) is 5.75 Å². The van der Waals surface area contributed by atoms with Gasteiger partial charge in [-0.05, 0) is 25.1 Å². The van der Waals surface area contributed by atoms with Crippen molar-refractivity contribution >= 4 is 23.5 Å². The maximum atomic E-state index is 11.2. The zero-order valence-electron chi connectivity index (χ0n) is 8.87. The average Bonchev–Trinajstić information content (AvgIpc) is 2.50. The van der Waals surface area contributed by atoms with Crippen LogP contribution in [-0.4, -0.2) is 12.4 Å². The fraction of sp³-hybridized carbons (Fsp3) is 0.154. The molecule has 0 fully saturated rings. The number of benzene rings is 1. The highest BCUT2D eigenvalue weighted by molar-refractivity contribution is 6.25. The van der Waals surface area contributed by atoms with Crippen molar-refractivity contribution in [1.82, 2.24) is 0 Å².